The van der Waals surface area contributed by atoms with E-state index in [0.717, 1.165) is 116 Å². The molecule has 0 atom stereocenters. The highest BCUT2D eigenvalue weighted by molar-refractivity contribution is 6.19. The van der Waals surface area contributed by atoms with E-state index in [0.29, 0.717) is 11.9 Å². The standard InChI is InChI=1S/C77H51N7/c1-77(2)63-35-18-15-32-55(63)59-42-60-56-33-16-19-36-69(56)84(74(60)45-64(59)77)76-80-67(50-26-11-5-12-27-50)47-68(81-76)53-29-21-28-51(40-53)52-38-39-58-62-44-73-61(43-72(62)82(71(58)41-52)54-30-13-6-14-31-54)57-34-17-20-37-70(57)83(73)75-78-65(48-22-7-3-8-23-48)46-66(79-75)49-24-9-4-10-25-49/h3-47H,1-2H3. The molecule has 5 heterocycles. The molecule has 84 heavy (non-hydrogen) atoms. The van der Waals surface area contributed by atoms with Crippen molar-refractivity contribution >= 4 is 65.4 Å². The minimum Gasteiger partial charge on any atom is -0.309 e. The van der Waals surface area contributed by atoms with Gasteiger partial charge in [-0.15, -0.1) is 0 Å². The van der Waals surface area contributed by atoms with E-state index in [1.165, 1.54) is 33.0 Å². The van der Waals surface area contributed by atoms with Gasteiger partial charge in [-0.1, -0.05) is 214 Å². The van der Waals surface area contributed by atoms with E-state index in [1.54, 1.807) is 0 Å². The molecule has 17 rings (SSSR count). The summed E-state index contributed by atoms with van der Waals surface area (Å²) in [7, 11) is 0. The summed E-state index contributed by atoms with van der Waals surface area (Å²) >= 11 is 0. The maximum atomic E-state index is 5.56. The van der Waals surface area contributed by atoms with Crippen LogP contribution in [0.4, 0.5) is 0 Å². The van der Waals surface area contributed by atoms with Crippen molar-refractivity contribution < 1.29 is 0 Å². The number of hydrogen-bond acceptors (Lipinski definition) is 4. The summed E-state index contributed by atoms with van der Waals surface area (Å²) in [5, 5.41) is 6.90. The van der Waals surface area contributed by atoms with Crippen LogP contribution in [0.3, 0.4) is 0 Å². The first kappa shape index (κ1) is 47.8. The van der Waals surface area contributed by atoms with Crippen molar-refractivity contribution in [1.29, 1.82) is 0 Å². The molecule has 0 amide bonds. The van der Waals surface area contributed by atoms with Gasteiger partial charge in [0.1, 0.15) is 0 Å². The van der Waals surface area contributed by atoms with Crippen LogP contribution < -0.4 is 0 Å². The van der Waals surface area contributed by atoms with E-state index in [9.17, 15) is 0 Å². The van der Waals surface area contributed by atoms with Crippen molar-refractivity contribution in [3.8, 4) is 84.9 Å². The van der Waals surface area contributed by atoms with Gasteiger partial charge in [-0.25, -0.2) is 19.9 Å². The molecule has 0 saturated carbocycles. The molecule has 0 bridgehead atoms. The van der Waals surface area contributed by atoms with E-state index in [-0.39, 0.29) is 5.41 Å². The average molecular weight is 1070 g/mol. The highest BCUT2D eigenvalue weighted by Crippen LogP contribution is 2.51. The summed E-state index contributed by atoms with van der Waals surface area (Å²) in [4.78, 5) is 21.7. The van der Waals surface area contributed by atoms with Gasteiger partial charge < -0.3 is 4.57 Å². The maximum absolute atomic E-state index is 5.56. The lowest BCUT2D eigenvalue weighted by molar-refractivity contribution is 0.661. The Labute approximate surface area is 484 Å². The van der Waals surface area contributed by atoms with Crippen molar-refractivity contribution in [2.24, 2.45) is 0 Å². The van der Waals surface area contributed by atoms with Crippen LogP contribution >= 0.6 is 0 Å². The zero-order chi connectivity index (χ0) is 55.6. The molecule has 0 radical (unpaired) electrons. The molecule has 7 nitrogen and oxygen atoms in total. The molecule has 7 heteroatoms. The number of hydrogen-bond donors (Lipinski definition) is 0. The number of para-hydroxylation sites is 3. The van der Waals surface area contributed by atoms with Gasteiger partial charge in [-0.3, -0.25) is 9.13 Å². The predicted octanol–water partition coefficient (Wildman–Crippen LogP) is 19.2. The number of fused-ring (bicyclic) bond motifs is 12. The van der Waals surface area contributed by atoms with E-state index in [4.69, 9.17) is 19.9 Å². The second-order valence-corrected chi connectivity index (χ2v) is 22.6. The summed E-state index contributed by atoms with van der Waals surface area (Å²) in [5.41, 5.74) is 22.3. The Hall–Kier alpha value is -11.0. The van der Waals surface area contributed by atoms with Gasteiger partial charge >= 0.3 is 0 Å². The first-order valence-corrected chi connectivity index (χ1v) is 28.7. The summed E-state index contributed by atoms with van der Waals surface area (Å²) < 4.78 is 6.96. The summed E-state index contributed by atoms with van der Waals surface area (Å²) in [6.07, 6.45) is 0. The van der Waals surface area contributed by atoms with Gasteiger partial charge in [0.2, 0.25) is 11.9 Å². The highest BCUT2D eigenvalue weighted by atomic mass is 15.2. The molecule has 16 aromatic rings. The Kier molecular flexibility index (Phi) is 10.5. The molecule has 0 fully saturated rings. The van der Waals surface area contributed by atoms with Crippen molar-refractivity contribution in [1.82, 2.24) is 33.6 Å². The first-order valence-electron chi connectivity index (χ1n) is 28.7. The maximum Gasteiger partial charge on any atom is 0.235 e. The van der Waals surface area contributed by atoms with Crippen LogP contribution in [0.5, 0.6) is 0 Å². The molecule has 1 aliphatic rings. The third kappa shape index (κ3) is 7.38. The topological polar surface area (TPSA) is 66.3 Å². The van der Waals surface area contributed by atoms with Gasteiger partial charge in [0.25, 0.3) is 0 Å². The quantitative estimate of drug-likeness (QED) is 0.152. The monoisotopic (exact) mass is 1070 g/mol. The zero-order valence-corrected chi connectivity index (χ0v) is 46.1. The second kappa shape index (κ2) is 18.5. The van der Waals surface area contributed by atoms with Crippen LogP contribution in [0.2, 0.25) is 0 Å². The SMILES string of the molecule is CC1(C)c2ccccc2-c2cc3c4ccccc4n(-c4nc(-c5ccccc5)cc(-c5cccc(-c6ccc7c8cc9c(cc8n(-c8ccccc8)c7c6)c6ccccc6n9-c6nc(-c7ccccc7)cc(-c7ccccc7)n6)c5)n4)c3cc21. The smallest absolute Gasteiger partial charge is 0.235 e. The Bertz CT molecular complexity index is 5270. The van der Waals surface area contributed by atoms with Crippen LogP contribution in [0.25, 0.3) is 150 Å². The third-order valence-electron chi connectivity index (χ3n) is 17.5. The number of benzene rings is 11. The molecule has 0 spiro atoms. The van der Waals surface area contributed by atoms with Crippen LogP contribution in [0.1, 0.15) is 25.0 Å². The van der Waals surface area contributed by atoms with E-state index < -0.39 is 0 Å². The largest absolute Gasteiger partial charge is 0.309 e. The Balaban J connectivity index is 0.842. The Morgan fingerprint density at radius 1 is 0.250 bits per heavy atom. The predicted molar refractivity (Wildman–Crippen MR) is 345 cm³/mol. The third-order valence-corrected chi connectivity index (χ3v) is 17.5. The van der Waals surface area contributed by atoms with Gasteiger partial charge in [0.15, 0.2) is 0 Å². The fourth-order valence-electron chi connectivity index (χ4n) is 13.5. The molecule has 1 aliphatic carbocycles. The molecule has 0 unspecified atom stereocenters. The lowest BCUT2D eigenvalue weighted by Gasteiger charge is -2.21. The van der Waals surface area contributed by atoms with Crippen LogP contribution in [0, 0.1) is 0 Å². The van der Waals surface area contributed by atoms with E-state index in [1.807, 2.05) is 12.1 Å². The van der Waals surface area contributed by atoms with Gasteiger partial charge in [0.05, 0.1) is 55.9 Å². The molecule has 5 aromatic heterocycles. The second-order valence-electron chi connectivity index (χ2n) is 22.6. The van der Waals surface area contributed by atoms with Crippen LogP contribution in [-0.2, 0) is 5.41 Å². The van der Waals surface area contributed by atoms with Crippen LogP contribution in [-0.4, -0.2) is 33.6 Å². The minimum absolute atomic E-state index is 0.176. The first-order chi connectivity index (χ1) is 41.4. The molecule has 0 N–H and O–H groups in total. The van der Waals surface area contributed by atoms with Crippen molar-refractivity contribution in [3.63, 3.8) is 0 Å². The highest BCUT2D eigenvalue weighted by Gasteiger charge is 2.36. The van der Waals surface area contributed by atoms with E-state index in [2.05, 4.69) is 288 Å². The zero-order valence-electron chi connectivity index (χ0n) is 46.1. The normalized spacial score (nSPS) is 12.7. The van der Waals surface area contributed by atoms with Gasteiger partial charge in [-0.2, -0.15) is 0 Å². The lowest BCUT2D eigenvalue weighted by Crippen LogP contribution is -2.15. The Morgan fingerprint density at radius 3 is 1.25 bits per heavy atom. The van der Waals surface area contributed by atoms with Crippen molar-refractivity contribution in [3.05, 3.63) is 284 Å². The number of nitrogens with zero attached hydrogens (tertiary/aromatic N) is 7. The van der Waals surface area contributed by atoms with E-state index >= 15 is 0 Å². The van der Waals surface area contributed by atoms with Crippen LogP contribution in [0.15, 0.2) is 273 Å². The van der Waals surface area contributed by atoms with Gasteiger partial charge in [0, 0.05) is 65.7 Å². The molecular formula is C77H51N7. The minimum atomic E-state index is -0.176. The molecule has 0 aliphatic heterocycles. The number of aromatic nitrogens is 7. The summed E-state index contributed by atoms with van der Waals surface area (Å²) in [6.45, 7) is 4.69. The molecule has 0 saturated heterocycles. The van der Waals surface area contributed by atoms with Crippen molar-refractivity contribution in [2.45, 2.75) is 19.3 Å². The number of rotatable bonds is 8. The van der Waals surface area contributed by atoms with Crippen molar-refractivity contribution in [2.75, 3.05) is 0 Å². The van der Waals surface area contributed by atoms with Gasteiger partial charge in [-0.05, 0) is 106 Å². The fourth-order valence-corrected chi connectivity index (χ4v) is 13.5. The molecular weight excluding hydrogens is 1020 g/mol. The lowest BCUT2D eigenvalue weighted by atomic mass is 9.82. The molecule has 11 aromatic carbocycles. The Morgan fingerprint density at radius 2 is 0.667 bits per heavy atom. The summed E-state index contributed by atoms with van der Waals surface area (Å²) in [6, 6.07) is 97.7. The fraction of sp³-hybridized carbons (Fsp3) is 0.0390. The molecule has 394 valence electrons. The summed E-state index contributed by atoms with van der Waals surface area (Å²) in [5.74, 6) is 1.25. The average Bonchev–Trinajstić information content (AvgIpc) is 1.82.